The smallest absolute Gasteiger partial charge is 0.166 e. The van der Waals surface area contributed by atoms with Crippen LogP contribution >= 0.6 is 0 Å². The van der Waals surface area contributed by atoms with E-state index in [-0.39, 0.29) is 11.8 Å². The Balaban J connectivity index is 2.24. The molecule has 1 atom stereocenters. The number of nitrogens with two attached hydrogens (primary N) is 1. The van der Waals surface area contributed by atoms with E-state index in [1.807, 2.05) is 32.0 Å². The molecule has 2 nitrogen and oxygen atoms in total. The molecule has 0 aliphatic rings. The van der Waals surface area contributed by atoms with Crippen LogP contribution in [-0.4, -0.2) is 0 Å². The molecule has 0 fully saturated rings. The van der Waals surface area contributed by atoms with Crippen molar-refractivity contribution < 1.29 is 9.13 Å². The van der Waals surface area contributed by atoms with Gasteiger partial charge in [0.25, 0.3) is 0 Å². The predicted molar refractivity (Wildman–Crippen MR) is 84.3 cm³/mol. The largest absolute Gasteiger partial charge is 0.454 e. The van der Waals surface area contributed by atoms with Crippen LogP contribution in [-0.2, 0) is 0 Å². The van der Waals surface area contributed by atoms with Crippen LogP contribution in [0, 0.1) is 12.7 Å². The number of hydrogen-bond acceptors (Lipinski definition) is 2. The van der Waals surface area contributed by atoms with Gasteiger partial charge in [-0.25, -0.2) is 4.39 Å². The summed E-state index contributed by atoms with van der Waals surface area (Å²) in [6.07, 6.45) is 0. The second kappa shape index (κ2) is 6.27. The van der Waals surface area contributed by atoms with Crippen molar-refractivity contribution in [2.75, 3.05) is 0 Å². The van der Waals surface area contributed by atoms with Gasteiger partial charge in [0.2, 0.25) is 0 Å². The van der Waals surface area contributed by atoms with Gasteiger partial charge in [0.15, 0.2) is 11.6 Å². The summed E-state index contributed by atoms with van der Waals surface area (Å²) in [4.78, 5) is 0. The van der Waals surface area contributed by atoms with Gasteiger partial charge in [0.1, 0.15) is 5.75 Å². The molecular formula is C18H22FNO. The maximum absolute atomic E-state index is 14.0. The summed E-state index contributed by atoms with van der Waals surface area (Å²) in [7, 11) is 0. The van der Waals surface area contributed by atoms with Crippen LogP contribution in [0.25, 0.3) is 0 Å². The van der Waals surface area contributed by atoms with Crippen LogP contribution < -0.4 is 10.5 Å². The molecule has 0 aliphatic heterocycles. The summed E-state index contributed by atoms with van der Waals surface area (Å²) in [5, 5.41) is 0. The highest BCUT2D eigenvalue weighted by molar-refractivity contribution is 5.40. The number of aryl methyl sites for hydroxylation is 1. The lowest BCUT2D eigenvalue weighted by Gasteiger charge is -2.13. The first kappa shape index (κ1) is 15.5. The van der Waals surface area contributed by atoms with Gasteiger partial charge in [0, 0.05) is 6.04 Å². The van der Waals surface area contributed by atoms with Crippen molar-refractivity contribution in [1.29, 1.82) is 0 Å². The van der Waals surface area contributed by atoms with Gasteiger partial charge in [-0.1, -0.05) is 26.0 Å². The molecule has 0 heterocycles. The average molecular weight is 287 g/mol. The molecular weight excluding hydrogens is 265 g/mol. The standard InChI is InChI=1S/C18H22FNO/c1-11(2)16-7-6-15(9-12(16)3)21-18-8-5-14(13(4)20)10-17(18)19/h5-11,13H,20H2,1-4H3/t13-/m1/s1. The molecule has 2 rings (SSSR count). The van der Waals surface area contributed by atoms with Crippen molar-refractivity contribution in [2.24, 2.45) is 5.73 Å². The first-order valence-corrected chi connectivity index (χ1v) is 7.22. The van der Waals surface area contributed by atoms with E-state index in [9.17, 15) is 4.39 Å². The van der Waals surface area contributed by atoms with Gasteiger partial charge in [-0.3, -0.25) is 0 Å². The number of ether oxygens (including phenoxy) is 1. The molecule has 0 amide bonds. The molecule has 112 valence electrons. The van der Waals surface area contributed by atoms with Crippen LogP contribution in [0.5, 0.6) is 11.5 Å². The van der Waals surface area contributed by atoms with E-state index >= 15 is 0 Å². The maximum atomic E-state index is 14.0. The Morgan fingerprint density at radius 1 is 1.05 bits per heavy atom. The van der Waals surface area contributed by atoms with Gasteiger partial charge in [-0.15, -0.1) is 0 Å². The highest BCUT2D eigenvalue weighted by atomic mass is 19.1. The lowest BCUT2D eigenvalue weighted by molar-refractivity contribution is 0.440. The van der Waals surface area contributed by atoms with Crippen molar-refractivity contribution in [1.82, 2.24) is 0 Å². The van der Waals surface area contributed by atoms with Crippen molar-refractivity contribution in [3.8, 4) is 11.5 Å². The molecule has 0 bridgehead atoms. The van der Waals surface area contributed by atoms with E-state index in [2.05, 4.69) is 13.8 Å². The fourth-order valence-corrected chi connectivity index (χ4v) is 2.37. The summed E-state index contributed by atoms with van der Waals surface area (Å²) < 4.78 is 19.7. The third-order valence-corrected chi connectivity index (χ3v) is 3.57. The topological polar surface area (TPSA) is 35.2 Å². The third kappa shape index (κ3) is 3.61. The van der Waals surface area contributed by atoms with Crippen molar-refractivity contribution >= 4 is 0 Å². The second-order valence-corrected chi connectivity index (χ2v) is 5.75. The highest BCUT2D eigenvalue weighted by Crippen LogP contribution is 2.29. The van der Waals surface area contributed by atoms with Gasteiger partial charge in [0.05, 0.1) is 0 Å². The van der Waals surface area contributed by atoms with Crippen molar-refractivity contribution in [2.45, 2.75) is 39.7 Å². The minimum absolute atomic E-state index is 0.193. The van der Waals surface area contributed by atoms with E-state index in [1.54, 1.807) is 12.1 Å². The number of halogens is 1. The Kier molecular flexibility index (Phi) is 4.63. The van der Waals surface area contributed by atoms with Gasteiger partial charge >= 0.3 is 0 Å². The van der Waals surface area contributed by atoms with Crippen molar-refractivity contribution in [3.05, 3.63) is 58.9 Å². The minimum atomic E-state index is -0.393. The van der Waals surface area contributed by atoms with E-state index in [0.29, 0.717) is 11.7 Å². The SMILES string of the molecule is Cc1cc(Oc2ccc([C@@H](C)N)cc2F)ccc1C(C)C. The van der Waals surface area contributed by atoms with Gasteiger partial charge < -0.3 is 10.5 Å². The Morgan fingerprint density at radius 2 is 1.76 bits per heavy atom. The Morgan fingerprint density at radius 3 is 2.29 bits per heavy atom. The quantitative estimate of drug-likeness (QED) is 0.852. The zero-order chi connectivity index (χ0) is 15.6. The minimum Gasteiger partial charge on any atom is -0.454 e. The predicted octanol–water partition coefficient (Wildman–Crippen LogP) is 5.07. The molecule has 0 saturated heterocycles. The first-order chi connectivity index (χ1) is 9.88. The van der Waals surface area contributed by atoms with Crippen LogP contribution in [0.1, 0.15) is 49.4 Å². The van der Waals surface area contributed by atoms with E-state index in [0.717, 1.165) is 11.1 Å². The molecule has 0 saturated carbocycles. The fourth-order valence-electron chi connectivity index (χ4n) is 2.37. The van der Waals surface area contributed by atoms with Gasteiger partial charge in [-0.05, 0) is 60.7 Å². The highest BCUT2D eigenvalue weighted by Gasteiger charge is 2.10. The molecule has 3 heteroatoms. The molecule has 0 aromatic heterocycles. The summed E-state index contributed by atoms with van der Waals surface area (Å²) in [5.41, 5.74) is 8.92. The summed E-state index contributed by atoms with van der Waals surface area (Å²) >= 11 is 0. The first-order valence-electron chi connectivity index (χ1n) is 7.22. The zero-order valence-electron chi connectivity index (χ0n) is 13.0. The number of rotatable bonds is 4. The average Bonchev–Trinajstić information content (AvgIpc) is 2.40. The Bertz CT molecular complexity index is 635. The number of benzene rings is 2. The fraction of sp³-hybridized carbons (Fsp3) is 0.333. The van der Waals surface area contributed by atoms with E-state index < -0.39 is 5.82 Å². The van der Waals surface area contributed by atoms with Crippen LogP contribution in [0.15, 0.2) is 36.4 Å². The molecule has 2 aromatic carbocycles. The Labute approximate surface area is 125 Å². The summed E-state index contributed by atoms with van der Waals surface area (Å²) in [6.45, 7) is 8.16. The van der Waals surface area contributed by atoms with E-state index in [1.165, 1.54) is 11.6 Å². The van der Waals surface area contributed by atoms with Crippen molar-refractivity contribution in [3.63, 3.8) is 0 Å². The lowest BCUT2D eigenvalue weighted by atomic mass is 9.98. The zero-order valence-corrected chi connectivity index (χ0v) is 13.0. The Hall–Kier alpha value is -1.87. The summed E-state index contributed by atoms with van der Waals surface area (Å²) in [5.74, 6) is 0.928. The molecule has 0 spiro atoms. The van der Waals surface area contributed by atoms with Crippen LogP contribution in [0.4, 0.5) is 4.39 Å². The molecule has 0 unspecified atom stereocenters. The molecule has 0 radical (unpaired) electrons. The molecule has 2 N–H and O–H groups in total. The van der Waals surface area contributed by atoms with Gasteiger partial charge in [-0.2, -0.15) is 0 Å². The normalized spacial score (nSPS) is 12.5. The van der Waals surface area contributed by atoms with Crippen LogP contribution in [0.2, 0.25) is 0 Å². The monoisotopic (exact) mass is 287 g/mol. The second-order valence-electron chi connectivity index (χ2n) is 5.75. The van der Waals surface area contributed by atoms with Crippen LogP contribution in [0.3, 0.4) is 0 Å². The molecule has 0 aliphatic carbocycles. The molecule has 2 aromatic rings. The van der Waals surface area contributed by atoms with E-state index in [4.69, 9.17) is 10.5 Å². The lowest BCUT2D eigenvalue weighted by Crippen LogP contribution is -2.05. The summed E-state index contributed by atoms with van der Waals surface area (Å²) in [6, 6.07) is 10.5. The maximum Gasteiger partial charge on any atom is 0.166 e. The third-order valence-electron chi connectivity index (χ3n) is 3.57. The number of hydrogen-bond donors (Lipinski definition) is 1. The molecule has 21 heavy (non-hydrogen) atoms.